The number of thioether (sulfide) groups is 1. The highest BCUT2D eigenvalue weighted by molar-refractivity contribution is 8.15. The van der Waals surface area contributed by atoms with Crippen molar-refractivity contribution in [3.8, 4) is 22.8 Å². The Balaban J connectivity index is 1.17. The first-order chi connectivity index (χ1) is 22.2. The number of anilines is 1. The van der Waals surface area contributed by atoms with E-state index in [-0.39, 0.29) is 29.4 Å². The normalized spacial score (nSPS) is 14.7. The third-order valence-electron chi connectivity index (χ3n) is 7.00. The molecule has 5 rings (SSSR count). The molecule has 1 aliphatic heterocycles. The monoisotopic (exact) mass is 673 g/mol. The Morgan fingerprint density at radius 1 is 1.02 bits per heavy atom. The van der Waals surface area contributed by atoms with Crippen LogP contribution in [0.2, 0.25) is 0 Å². The number of amides is 2. The number of aliphatic imine (C=N–C) groups is 1. The van der Waals surface area contributed by atoms with Gasteiger partial charge in [-0.3, -0.25) is 9.69 Å². The molecule has 1 aliphatic rings. The van der Waals surface area contributed by atoms with Gasteiger partial charge in [-0.05, 0) is 59.9 Å². The molecule has 9 nitrogen and oxygen atoms in total. The highest BCUT2D eigenvalue weighted by Crippen LogP contribution is 2.37. The summed E-state index contributed by atoms with van der Waals surface area (Å²) in [4.78, 5) is 35.1. The van der Waals surface area contributed by atoms with Crippen LogP contribution in [0.25, 0.3) is 17.1 Å². The summed E-state index contributed by atoms with van der Waals surface area (Å²) in [5.41, 5.74) is 4.53. The van der Waals surface area contributed by atoms with Crippen LogP contribution >= 0.6 is 11.8 Å². The molecule has 0 aliphatic carbocycles. The van der Waals surface area contributed by atoms with Crippen molar-refractivity contribution in [2.24, 2.45) is 4.99 Å². The first-order valence-corrected chi connectivity index (χ1v) is 15.3. The van der Waals surface area contributed by atoms with Crippen molar-refractivity contribution in [2.75, 3.05) is 17.3 Å². The van der Waals surface area contributed by atoms with Gasteiger partial charge in [-0.15, -0.1) is 5.10 Å². The topological polar surface area (TPSA) is 98.9 Å². The van der Waals surface area contributed by atoms with E-state index in [1.807, 2.05) is 39.0 Å². The number of carbonyl (C=O) groups is 2. The van der Waals surface area contributed by atoms with Crippen LogP contribution < -0.4 is 9.64 Å². The van der Waals surface area contributed by atoms with E-state index in [0.29, 0.717) is 29.2 Å². The Hall–Kier alpha value is -4.79. The van der Waals surface area contributed by atoms with Crippen LogP contribution in [-0.2, 0) is 16.0 Å². The minimum absolute atomic E-state index is 0.0523. The summed E-state index contributed by atoms with van der Waals surface area (Å²) in [5, 5.41) is 4.61. The quantitative estimate of drug-likeness (QED) is 0.168. The lowest BCUT2D eigenvalue weighted by molar-refractivity contribution is -0.360. The van der Waals surface area contributed by atoms with Crippen molar-refractivity contribution < 1.29 is 41.0 Å². The number of alkyl halides is 5. The van der Waals surface area contributed by atoms with Crippen molar-refractivity contribution in [3.63, 3.8) is 0 Å². The minimum atomic E-state index is -5.85. The molecule has 0 N–H and O–H groups in total. The Morgan fingerprint density at radius 3 is 2.38 bits per heavy atom. The van der Waals surface area contributed by atoms with Crippen LogP contribution in [0.3, 0.4) is 0 Å². The molecule has 0 saturated carbocycles. The summed E-state index contributed by atoms with van der Waals surface area (Å²) in [7, 11) is 0. The fraction of sp³-hybridized carbons (Fsp3) is 0.281. The van der Waals surface area contributed by atoms with Crippen molar-refractivity contribution in [2.45, 2.75) is 45.4 Å². The second kappa shape index (κ2) is 13.5. The summed E-state index contributed by atoms with van der Waals surface area (Å²) in [6.07, 6.45) is -10.2. The van der Waals surface area contributed by atoms with Gasteiger partial charge in [0.25, 0.3) is 0 Å². The molecule has 0 radical (unpaired) electrons. The van der Waals surface area contributed by atoms with Gasteiger partial charge in [0.15, 0.2) is 11.0 Å². The van der Waals surface area contributed by atoms with Gasteiger partial charge in [0.05, 0.1) is 23.7 Å². The SMILES string of the molecule is Cc1ccc(C(C)C)c(N2C(=O)CS/C2=N\C(=O)OCCc2ccc(-c3ncn(-c4ccc(OC(F)(F)C(F)(F)F)cc4)n3)cc2)c1. The van der Waals surface area contributed by atoms with Gasteiger partial charge in [-0.25, -0.2) is 14.5 Å². The Labute approximate surface area is 270 Å². The molecule has 0 atom stereocenters. The summed E-state index contributed by atoms with van der Waals surface area (Å²) in [6, 6.07) is 17.5. The average Bonchev–Trinajstić information content (AvgIpc) is 3.64. The number of carbonyl (C=O) groups excluding carboxylic acids is 2. The number of nitrogens with zero attached hydrogens (tertiary/aromatic N) is 5. The van der Waals surface area contributed by atoms with Gasteiger partial charge >= 0.3 is 18.4 Å². The number of aryl methyl sites for hydroxylation is 1. The molecule has 0 spiro atoms. The minimum Gasteiger partial charge on any atom is -0.448 e. The zero-order valence-electron chi connectivity index (χ0n) is 25.3. The van der Waals surface area contributed by atoms with Gasteiger partial charge in [0.1, 0.15) is 12.1 Å². The molecule has 1 aromatic heterocycles. The maximum atomic E-state index is 13.1. The van der Waals surface area contributed by atoms with Crippen molar-refractivity contribution in [3.05, 3.63) is 89.7 Å². The summed E-state index contributed by atoms with van der Waals surface area (Å²) >= 11 is 1.18. The van der Waals surface area contributed by atoms with Gasteiger partial charge in [0, 0.05) is 12.0 Å². The summed E-state index contributed by atoms with van der Waals surface area (Å²) < 4.78 is 73.9. The lowest BCUT2D eigenvalue weighted by atomic mass is 9.99. The fourth-order valence-electron chi connectivity index (χ4n) is 4.60. The van der Waals surface area contributed by atoms with E-state index in [4.69, 9.17) is 4.74 Å². The van der Waals surface area contributed by atoms with Gasteiger partial charge in [0.2, 0.25) is 5.91 Å². The molecule has 3 aromatic carbocycles. The molecule has 2 heterocycles. The summed E-state index contributed by atoms with van der Waals surface area (Å²) in [5.74, 6) is -0.156. The van der Waals surface area contributed by atoms with E-state index in [2.05, 4.69) is 19.8 Å². The number of hydrogen-bond donors (Lipinski definition) is 0. The van der Waals surface area contributed by atoms with Crippen molar-refractivity contribution >= 4 is 34.6 Å². The van der Waals surface area contributed by atoms with E-state index in [0.717, 1.165) is 28.8 Å². The highest BCUT2D eigenvalue weighted by Gasteiger charge is 2.61. The Kier molecular flexibility index (Phi) is 9.65. The Morgan fingerprint density at radius 2 is 1.72 bits per heavy atom. The number of amidine groups is 1. The van der Waals surface area contributed by atoms with Crippen LogP contribution in [0.5, 0.6) is 5.75 Å². The van der Waals surface area contributed by atoms with E-state index >= 15 is 0 Å². The van der Waals surface area contributed by atoms with E-state index in [1.165, 1.54) is 39.8 Å². The van der Waals surface area contributed by atoms with Gasteiger partial charge in [-0.2, -0.15) is 26.9 Å². The predicted molar refractivity (Wildman–Crippen MR) is 166 cm³/mol. The number of halogens is 5. The smallest absolute Gasteiger partial charge is 0.448 e. The number of aromatic nitrogens is 3. The molecule has 0 unspecified atom stereocenters. The van der Waals surface area contributed by atoms with E-state index in [1.54, 1.807) is 24.3 Å². The Bertz CT molecular complexity index is 1790. The standard InChI is InChI=1S/C32H28F5N5O4S/c1-19(2)25-13-4-20(3)16-26(25)42-27(43)17-47-29(42)39-30(44)45-15-14-21-5-7-22(8-6-21)28-38-18-41(40-28)23-9-11-24(12-10-23)46-32(36,37)31(33,34)35/h4-13,16,18-19H,14-15,17H2,1-3H3/b39-29-. The van der Waals surface area contributed by atoms with Crippen LogP contribution in [0.4, 0.5) is 32.4 Å². The largest absolute Gasteiger partial charge is 0.499 e. The zero-order chi connectivity index (χ0) is 33.9. The number of benzene rings is 3. The van der Waals surface area contributed by atoms with Crippen LogP contribution in [0.1, 0.15) is 36.5 Å². The molecule has 15 heteroatoms. The first-order valence-electron chi connectivity index (χ1n) is 14.3. The van der Waals surface area contributed by atoms with Crippen LogP contribution in [-0.4, -0.2) is 56.6 Å². The lowest BCUT2D eigenvalue weighted by Crippen LogP contribution is -2.41. The van der Waals surface area contributed by atoms with Crippen LogP contribution in [0.15, 0.2) is 78.0 Å². The van der Waals surface area contributed by atoms with E-state index in [9.17, 15) is 31.5 Å². The van der Waals surface area contributed by atoms with E-state index < -0.39 is 24.1 Å². The molecular weight excluding hydrogens is 645 g/mol. The number of rotatable bonds is 9. The molecule has 1 saturated heterocycles. The highest BCUT2D eigenvalue weighted by atomic mass is 32.2. The average molecular weight is 674 g/mol. The third kappa shape index (κ3) is 7.79. The zero-order valence-corrected chi connectivity index (χ0v) is 26.1. The maximum absolute atomic E-state index is 13.1. The van der Waals surface area contributed by atoms with Crippen LogP contribution in [0, 0.1) is 6.92 Å². The fourth-order valence-corrected chi connectivity index (χ4v) is 5.45. The maximum Gasteiger partial charge on any atom is 0.499 e. The predicted octanol–water partition coefficient (Wildman–Crippen LogP) is 7.72. The van der Waals surface area contributed by atoms with Gasteiger partial charge in [-0.1, -0.05) is 62.0 Å². The summed E-state index contributed by atoms with van der Waals surface area (Å²) in [6.45, 7) is 6.05. The molecule has 47 heavy (non-hydrogen) atoms. The van der Waals surface area contributed by atoms with Crippen molar-refractivity contribution in [1.29, 1.82) is 0 Å². The van der Waals surface area contributed by atoms with Gasteiger partial charge < -0.3 is 9.47 Å². The second-order valence-corrected chi connectivity index (χ2v) is 11.8. The molecule has 246 valence electrons. The molecule has 4 aromatic rings. The lowest BCUT2D eigenvalue weighted by Gasteiger charge is -2.22. The third-order valence-corrected chi connectivity index (χ3v) is 7.92. The molecule has 2 amide bonds. The van der Waals surface area contributed by atoms with Crippen molar-refractivity contribution in [1.82, 2.24) is 14.8 Å². The molecule has 1 fully saturated rings. The second-order valence-electron chi connectivity index (χ2n) is 10.8. The molecule has 0 bridgehead atoms. The number of ether oxygens (including phenoxy) is 2. The number of hydrogen-bond acceptors (Lipinski definition) is 7. The molecular formula is C32H28F5N5O4S. The first kappa shape index (κ1) is 33.6.